The fraction of sp³-hybridized carbons (Fsp3) is 0.250. The van der Waals surface area contributed by atoms with Gasteiger partial charge in [0, 0.05) is 24.8 Å². The average Bonchev–Trinajstić information content (AvgIpc) is 3.35. The quantitative estimate of drug-likeness (QED) is 0.655. The fourth-order valence-electron chi connectivity index (χ4n) is 3.45. The van der Waals surface area contributed by atoms with Gasteiger partial charge >= 0.3 is 6.18 Å². The first kappa shape index (κ1) is 19.9. The Hall–Kier alpha value is -3.43. The number of para-hydroxylation sites is 1. The minimum atomic E-state index is -4.90. The molecule has 1 saturated heterocycles. The van der Waals surface area contributed by atoms with E-state index in [9.17, 15) is 22.4 Å². The molecule has 10 heteroatoms. The third-order valence-corrected chi connectivity index (χ3v) is 4.81. The lowest BCUT2D eigenvalue weighted by atomic mass is 10.2. The second-order valence-corrected chi connectivity index (χ2v) is 6.92. The van der Waals surface area contributed by atoms with Crippen LogP contribution in [0.2, 0.25) is 0 Å². The number of amides is 1. The highest BCUT2D eigenvalue weighted by molar-refractivity contribution is 5.94. The van der Waals surface area contributed by atoms with Gasteiger partial charge in [-0.2, -0.15) is 13.2 Å². The molecular weight excluding hydrogens is 402 g/mol. The molecule has 1 atom stereocenters. The number of benzene rings is 2. The zero-order valence-electron chi connectivity index (χ0n) is 15.6. The maximum absolute atomic E-state index is 13.8. The zero-order valence-corrected chi connectivity index (χ0v) is 15.6. The number of anilines is 1. The van der Waals surface area contributed by atoms with Gasteiger partial charge in [-0.15, -0.1) is 5.10 Å². The number of hydrogen-bond acceptors (Lipinski definition) is 4. The molecule has 0 bridgehead atoms. The predicted octanol–water partition coefficient (Wildman–Crippen LogP) is 3.75. The molecule has 4 rings (SSSR count). The van der Waals surface area contributed by atoms with Crippen molar-refractivity contribution < 1.29 is 22.4 Å². The Labute approximate surface area is 169 Å². The molecule has 1 aliphatic rings. The normalized spacial score (nSPS) is 16.7. The van der Waals surface area contributed by atoms with Crippen LogP contribution in [0.4, 0.5) is 23.2 Å². The number of aromatic nitrogens is 3. The van der Waals surface area contributed by atoms with Crippen molar-refractivity contribution in [2.24, 2.45) is 0 Å². The van der Waals surface area contributed by atoms with Gasteiger partial charge in [0.25, 0.3) is 5.91 Å². The number of hydrogen-bond donors (Lipinski definition) is 1. The number of alkyl halides is 3. The molecule has 3 aromatic rings. The molecule has 156 valence electrons. The Morgan fingerprint density at radius 3 is 2.57 bits per heavy atom. The third-order valence-electron chi connectivity index (χ3n) is 4.81. The Morgan fingerprint density at radius 2 is 1.87 bits per heavy atom. The van der Waals surface area contributed by atoms with Crippen molar-refractivity contribution in [3.63, 3.8) is 0 Å². The lowest BCUT2D eigenvalue weighted by Crippen LogP contribution is -2.33. The van der Waals surface area contributed by atoms with Gasteiger partial charge < -0.3 is 10.2 Å². The molecule has 2 aromatic carbocycles. The van der Waals surface area contributed by atoms with Crippen molar-refractivity contribution in [2.45, 2.75) is 18.6 Å². The van der Waals surface area contributed by atoms with E-state index >= 15 is 0 Å². The second-order valence-electron chi connectivity index (χ2n) is 6.92. The van der Waals surface area contributed by atoms with Gasteiger partial charge in [0.15, 0.2) is 11.4 Å². The Morgan fingerprint density at radius 1 is 1.10 bits per heavy atom. The smallest absolute Gasteiger partial charge is 0.380 e. The number of likely N-dealkylation sites (tertiary alicyclic amines) is 1. The van der Waals surface area contributed by atoms with Crippen LogP contribution in [-0.4, -0.2) is 44.9 Å². The van der Waals surface area contributed by atoms with Crippen LogP contribution in [0.5, 0.6) is 0 Å². The molecule has 1 aromatic heterocycles. The van der Waals surface area contributed by atoms with E-state index in [2.05, 4.69) is 15.6 Å². The molecule has 1 fully saturated rings. The lowest BCUT2D eigenvalue weighted by Gasteiger charge is -2.18. The predicted molar refractivity (Wildman–Crippen MR) is 101 cm³/mol. The molecule has 2 heterocycles. The van der Waals surface area contributed by atoms with E-state index in [0.29, 0.717) is 11.1 Å². The molecule has 1 amide bonds. The van der Waals surface area contributed by atoms with Crippen LogP contribution in [0.15, 0.2) is 54.6 Å². The molecule has 30 heavy (non-hydrogen) atoms. The summed E-state index contributed by atoms with van der Waals surface area (Å²) in [7, 11) is 0. The number of carbonyl (C=O) groups excluding carboxylic acids is 1. The molecule has 1 unspecified atom stereocenters. The molecule has 0 saturated carbocycles. The second kappa shape index (κ2) is 7.77. The standard InChI is InChI=1S/C20H17F4N5O/c21-13-5-4-8-16(11-13)29-18(20(22,23)24)17(26-27-29)19(30)28-10-9-15(12-28)25-14-6-2-1-3-7-14/h1-8,11,15,25H,9-10,12H2. The summed E-state index contributed by atoms with van der Waals surface area (Å²) in [5.41, 5.74) is -1.42. The maximum Gasteiger partial charge on any atom is 0.435 e. The highest BCUT2D eigenvalue weighted by Gasteiger charge is 2.43. The first-order valence-electron chi connectivity index (χ1n) is 9.22. The largest absolute Gasteiger partial charge is 0.435 e. The Bertz CT molecular complexity index is 1050. The van der Waals surface area contributed by atoms with E-state index in [1.807, 2.05) is 30.3 Å². The van der Waals surface area contributed by atoms with Gasteiger partial charge in [-0.25, -0.2) is 9.07 Å². The molecule has 0 aliphatic carbocycles. The Balaban J connectivity index is 1.59. The van der Waals surface area contributed by atoms with E-state index in [1.54, 1.807) is 0 Å². The van der Waals surface area contributed by atoms with Crippen LogP contribution in [0, 0.1) is 5.82 Å². The molecule has 1 N–H and O–H groups in total. The number of halogens is 4. The van der Waals surface area contributed by atoms with Crippen molar-refractivity contribution in [2.75, 3.05) is 18.4 Å². The summed E-state index contributed by atoms with van der Waals surface area (Å²) >= 11 is 0. The fourth-order valence-corrected chi connectivity index (χ4v) is 3.45. The number of nitrogens with one attached hydrogen (secondary N) is 1. The van der Waals surface area contributed by atoms with Crippen LogP contribution in [-0.2, 0) is 6.18 Å². The summed E-state index contributed by atoms with van der Waals surface area (Å²) in [6.45, 7) is 0.519. The van der Waals surface area contributed by atoms with Crippen LogP contribution < -0.4 is 5.32 Å². The van der Waals surface area contributed by atoms with Gasteiger partial charge in [0.1, 0.15) is 5.82 Å². The highest BCUT2D eigenvalue weighted by atomic mass is 19.4. The summed E-state index contributed by atoms with van der Waals surface area (Å²) in [6, 6.07) is 13.8. The van der Waals surface area contributed by atoms with E-state index in [0.717, 1.165) is 17.8 Å². The van der Waals surface area contributed by atoms with Gasteiger partial charge in [-0.1, -0.05) is 29.5 Å². The summed E-state index contributed by atoms with van der Waals surface area (Å²) in [6.07, 6.45) is -4.32. The monoisotopic (exact) mass is 419 g/mol. The Kier molecular flexibility index (Phi) is 5.15. The topological polar surface area (TPSA) is 63.1 Å². The van der Waals surface area contributed by atoms with Crippen molar-refractivity contribution in [1.29, 1.82) is 0 Å². The minimum absolute atomic E-state index is 0.0936. The van der Waals surface area contributed by atoms with E-state index in [4.69, 9.17) is 0 Å². The molecule has 1 aliphatic heterocycles. The van der Waals surface area contributed by atoms with Gasteiger partial charge in [-0.3, -0.25) is 4.79 Å². The molecule has 6 nitrogen and oxygen atoms in total. The van der Waals surface area contributed by atoms with E-state index in [-0.39, 0.29) is 24.8 Å². The SMILES string of the molecule is O=C(c1nnn(-c2cccc(F)c2)c1C(F)(F)F)N1CCC(Nc2ccccc2)C1. The number of rotatable bonds is 4. The summed E-state index contributed by atoms with van der Waals surface area (Å²) in [5, 5.41) is 10.3. The van der Waals surface area contributed by atoms with Crippen molar-refractivity contribution >= 4 is 11.6 Å². The van der Waals surface area contributed by atoms with Crippen LogP contribution >= 0.6 is 0 Å². The van der Waals surface area contributed by atoms with E-state index in [1.165, 1.54) is 17.0 Å². The third kappa shape index (κ3) is 3.98. The van der Waals surface area contributed by atoms with Gasteiger partial charge in [0.2, 0.25) is 0 Å². The van der Waals surface area contributed by atoms with Gasteiger partial charge in [-0.05, 0) is 36.8 Å². The summed E-state index contributed by atoms with van der Waals surface area (Å²) in [4.78, 5) is 14.1. The molecular formula is C20H17F4N5O. The number of nitrogens with zero attached hydrogens (tertiary/aromatic N) is 4. The van der Waals surface area contributed by atoms with Crippen molar-refractivity contribution in [3.05, 3.63) is 71.8 Å². The first-order chi connectivity index (χ1) is 14.3. The summed E-state index contributed by atoms with van der Waals surface area (Å²) in [5.74, 6) is -1.58. The molecule has 0 spiro atoms. The van der Waals surface area contributed by atoms with Crippen molar-refractivity contribution in [3.8, 4) is 5.69 Å². The minimum Gasteiger partial charge on any atom is -0.380 e. The van der Waals surface area contributed by atoms with Crippen LogP contribution in [0.1, 0.15) is 22.6 Å². The van der Waals surface area contributed by atoms with Crippen LogP contribution in [0.25, 0.3) is 5.69 Å². The average molecular weight is 419 g/mol. The lowest BCUT2D eigenvalue weighted by molar-refractivity contribution is -0.143. The summed E-state index contributed by atoms with van der Waals surface area (Å²) < 4.78 is 55.2. The maximum atomic E-state index is 13.8. The zero-order chi connectivity index (χ0) is 21.3. The van der Waals surface area contributed by atoms with Crippen LogP contribution in [0.3, 0.4) is 0 Å². The van der Waals surface area contributed by atoms with Crippen molar-refractivity contribution in [1.82, 2.24) is 19.9 Å². The number of carbonyl (C=O) groups is 1. The van der Waals surface area contributed by atoms with Gasteiger partial charge in [0.05, 0.1) is 5.69 Å². The molecule has 0 radical (unpaired) electrons. The highest BCUT2D eigenvalue weighted by Crippen LogP contribution is 2.33. The van der Waals surface area contributed by atoms with E-state index < -0.39 is 29.3 Å². The first-order valence-corrected chi connectivity index (χ1v) is 9.22.